The number of benzene rings is 1. The molecule has 0 bridgehead atoms. The maximum Gasteiger partial charge on any atom is 0.356 e. The summed E-state index contributed by atoms with van der Waals surface area (Å²) < 4.78 is 10.7. The van der Waals surface area contributed by atoms with Gasteiger partial charge < -0.3 is 14.6 Å². The van der Waals surface area contributed by atoms with Gasteiger partial charge in [0.1, 0.15) is 0 Å². The van der Waals surface area contributed by atoms with E-state index in [4.69, 9.17) is 14.6 Å². The normalized spacial score (nSPS) is 10.0. The van der Waals surface area contributed by atoms with Crippen LogP contribution in [0.25, 0.3) is 0 Å². The van der Waals surface area contributed by atoms with Gasteiger partial charge in [-0.2, -0.15) is 0 Å². The highest BCUT2D eigenvalue weighted by atomic mass is 16.5. The van der Waals surface area contributed by atoms with Gasteiger partial charge in [0, 0.05) is 0 Å². The van der Waals surface area contributed by atoms with Crippen molar-refractivity contribution >= 4 is 5.97 Å². The van der Waals surface area contributed by atoms with Gasteiger partial charge >= 0.3 is 5.97 Å². The van der Waals surface area contributed by atoms with E-state index in [1.807, 2.05) is 19.1 Å². The fourth-order valence-electron chi connectivity index (χ4n) is 1.47. The SMILES string of the molecule is COc1cc(C)ccc1Oc1cncc(C(=O)O)n1. The lowest BCUT2D eigenvalue weighted by molar-refractivity contribution is 0.0689. The first-order valence-electron chi connectivity index (χ1n) is 5.48. The summed E-state index contributed by atoms with van der Waals surface area (Å²) in [7, 11) is 1.53. The number of hydrogen-bond donors (Lipinski definition) is 1. The molecule has 1 heterocycles. The molecule has 0 aliphatic heterocycles. The molecule has 0 aliphatic carbocycles. The van der Waals surface area contributed by atoms with Crippen LogP contribution in [-0.4, -0.2) is 28.2 Å². The Morgan fingerprint density at radius 3 is 2.74 bits per heavy atom. The number of aromatic nitrogens is 2. The molecule has 0 saturated heterocycles. The van der Waals surface area contributed by atoms with E-state index in [2.05, 4.69) is 9.97 Å². The number of methoxy groups -OCH3 is 1. The number of ether oxygens (including phenoxy) is 2. The zero-order valence-corrected chi connectivity index (χ0v) is 10.5. The molecule has 98 valence electrons. The van der Waals surface area contributed by atoms with Crippen LogP contribution >= 0.6 is 0 Å². The van der Waals surface area contributed by atoms with Crippen LogP contribution in [0.2, 0.25) is 0 Å². The van der Waals surface area contributed by atoms with Crippen LogP contribution in [-0.2, 0) is 0 Å². The van der Waals surface area contributed by atoms with Crippen LogP contribution in [0.5, 0.6) is 17.4 Å². The minimum absolute atomic E-state index is 0.0991. The number of aryl methyl sites for hydroxylation is 1. The molecular weight excluding hydrogens is 248 g/mol. The summed E-state index contributed by atoms with van der Waals surface area (Å²) in [5.74, 6) is -0.0664. The number of carbonyl (C=O) groups is 1. The predicted octanol–water partition coefficient (Wildman–Crippen LogP) is 2.28. The third-order valence-electron chi connectivity index (χ3n) is 2.37. The first kappa shape index (κ1) is 12.8. The van der Waals surface area contributed by atoms with Crippen molar-refractivity contribution in [3.8, 4) is 17.4 Å². The lowest BCUT2D eigenvalue weighted by Crippen LogP contribution is -2.02. The molecule has 2 rings (SSSR count). The summed E-state index contributed by atoms with van der Waals surface area (Å²) in [6.07, 6.45) is 2.49. The lowest BCUT2D eigenvalue weighted by atomic mass is 10.2. The molecule has 6 heteroatoms. The Hall–Kier alpha value is -2.63. The summed E-state index contributed by atoms with van der Waals surface area (Å²) in [5, 5.41) is 8.83. The van der Waals surface area contributed by atoms with Gasteiger partial charge in [-0.25, -0.2) is 9.78 Å². The smallest absolute Gasteiger partial charge is 0.356 e. The summed E-state index contributed by atoms with van der Waals surface area (Å²) in [6, 6.07) is 5.39. The molecule has 6 nitrogen and oxygen atoms in total. The minimum atomic E-state index is -1.16. The van der Waals surface area contributed by atoms with Crippen molar-refractivity contribution in [2.24, 2.45) is 0 Å². The van der Waals surface area contributed by atoms with Crippen molar-refractivity contribution in [2.75, 3.05) is 7.11 Å². The first-order chi connectivity index (χ1) is 9.10. The van der Waals surface area contributed by atoms with Crippen LogP contribution < -0.4 is 9.47 Å². The third kappa shape index (κ3) is 2.98. The molecule has 1 aromatic heterocycles. The van der Waals surface area contributed by atoms with Gasteiger partial charge in [-0.15, -0.1) is 0 Å². The zero-order chi connectivity index (χ0) is 13.8. The van der Waals surface area contributed by atoms with Crippen LogP contribution in [0, 0.1) is 6.92 Å². The molecule has 0 radical (unpaired) electrons. The molecule has 19 heavy (non-hydrogen) atoms. The molecular formula is C13H12N2O4. The number of carboxylic acids is 1. The van der Waals surface area contributed by atoms with E-state index in [-0.39, 0.29) is 11.6 Å². The summed E-state index contributed by atoms with van der Waals surface area (Å²) in [5.41, 5.74) is 0.846. The van der Waals surface area contributed by atoms with E-state index in [0.29, 0.717) is 11.5 Å². The maximum absolute atomic E-state index is 10.8. The fourth-order valence-corrected chi connectivity index (χ4v) is 1.47. The lowest BCUT2D eigenvalue weighted by Gasteiger charge is -2.10. The molecule has 0 unspecified atom stereocenters. The van der Waals surface area contributed by atoms with Crippen molar-refractivity contribution in [2.45, 2.75) is 6.92 Å². The Balaban J connectivity index is 2.30. The number of rotatable bonds is 4. The van der Waals surface area contributed by atoms with Crippen LogP contribution in [0.15, 0.2) is 30.6 Å². The number of aromatic carboxylic acids is 1. The third-order valence-corrected chi connectivity index (χ3v) is 2.37. The second-order valence-electron chi connectivity index (χ2n) is 3.80. The van der Waals surface area contributed by atoms with Crippen molar-refractivity contribution < 1.29 is 19.4 Å². The average Bonchev–Trinajstić information content (AvgIpc) is 2.41. The topological polar surface area (TPSA) is 81.5 Å². The predicted molar refractivity (Wildman–Crippen MR) is 66.8 cm³/mol. The van der Waals surface area contributed by atoms with Gasteiger partial charge in [0.25, 0.3) is 0 Å². The molecule has 2 aromatic rings. The molecule has 0 amide bonds. The highest BCUT2D eigenvalue weighted by Gasteiger charge is 2.10. The molecule has 0 atom stereocenters. The Morgan fingerprint density at radius 2 is 2.05 bits per heavy atom. The van der Waals surface area contributed by atoms with E-state index in [0.717, 1.165) is 11.8 Å². The van der Waals surface area contributed by atoms with Crippen molar-refractivity contribution in [1.82, 2.24) is 9.97 Å². The van der Waals surface area contributed by atoms with Gasteiger partial charge in [0.05, 0.1) is 19.5 Å². The molecule has 0 spiro atoms. The Kier molecular flexibility index (Phi) is 3.61. The van der Waals surface area contributed by atoms with Crippen LogP contribution in [0.4, 0.5) is 0 Å². The Labute approximate surface area is 109 Å². The van der Waals surface area contributed by atoms with Gasteiger partial charge in [0.2, 0.25) is 5.88 Å². The highest BCUT2D eigenvalue weighted by molar-refractivity contribution is 5.84. The Bertz CT molecular complexity index is 613. The van der Waals surface area contributed by atoms with E-state index in [9.17, 15) is 4.79 Å². The second-order valence-corrected chi connectivity index (χ2v) is 3.80. The van der Waals surface area contributed by atoms with Crippen LogP contribution in [0.3, 0.4) is 0 Å². The summed E-state index contributed by atoms with van der Waals surface area (Å²) in [6.45, 7) is 1.93. The summed E-state index contributed by atoms with van der Waals surface area (Å²) in [4.78, 5) is 18.4. The number of hydrogen-bond acceptors (Lipinski definition) is 5. The average molecular weight is 260 g/mol. The molecule has 0 aliphatic rings. The summed E-state index contributed by atoms with van der Waals surface area (Å²) >= 11 is 0. The quantitative estimate of drug-likeness (QED) is 0.908. The van der Waals surface area contributed by atoms with Gasteiger partial charge in [0.15, 0.2) is 17.2 Å². The number of nitrogens with zero attached hydrogens (tertiary/aromatic N) is 2. The van der Waals surface area contributed by atoms with E-state index in [1.165, 1.54) is 13.3 Å². The zero-order valence-electron chi connectivity index (χ0n) is 10.5. The van der Waals surface area contributed by atoms with Crippen molar-refractivity contribution in [3.63, 3.8) is 0 Å². The Morgan fingerprint density at radius 1 is 1.26 bits per heavy atom. The maximum atomic E-state index is 10.8. The standard InChI is InChI=1S/C13H12N2O4/c1-8-3-4-10(11(5-8)18-2)19-12-7-14-6-9(15-12)13(16)17/h3-7H,1-2H3,(H,16,17). The molecule has 0 fully saturated rings. The molecule has 1 aromatic carbocycles. The van der Waals surface area contributed by atoms with Crippen molar-refractivity contribution in [1.29, 1.82) is 0 Å². The van der Waals surface area contributed by atoms with Crippen LogP contribution in [0.1, 0.15) is 16.1 Å². The second kappa shape index (κ2) is 5.34. The van der Waals surface area contributed by atoms with E-state index >= 15 is 0 Å². The van der Waals surface area contributed by atoms with E-state index in [1.54, 1.807) is 6.07 Å². The highest BCUT2D eigenvalue weighted by Crippen LogP contribution is 2.31. The first-order valence-corrected chi connectivity index (χ1v) is 5.48. The van der Waals surface area contributed by atoms with Crippen molar-refractivity contribution in [3.05, 3.63) is 41.9 Å². The van der Waals surface area contributed by atoms with E-state index < -0.39 is 5.97 Å². The fraction of sp³-hybridized carbons (Fsp3) is 0.154. The number of carboxylic acid groups (broad SMARTS) is 1. The van der Waals surface area contributed by atoms with Gasteiger partial charge in [-0.05, 0) is 24.6 Å². The largest absolute Gasteiger partial charge is 0.493 e. The molecule has 0 saturated carbocycles. The molecule has 1 N–H and O–H groups in total. The monoisotopic (exact) mass is 260 g/mol. The van der Waals surface area contributed by atoms with Gasteiger partial charge in [-0.3, -0.25) is 4.98 Å². The van der Waals surface area contributed by atoms with Gasteiger partial charge in [-0.1, -0.05) is 6.07 Å². The minimum Gasteiger partial charge on any atom is -0.493 e.